The van der Waals surface area contributed by atoms with Crippen LogP contribution < -0.4 is 5.32 Å². The molecular weight excluding hydrogens is 333 g/mol. The molecule has 3 rings (SSSR count). The second-order valence-electron chi connectivity index (χ2n) is 5.99. The van der Waals surface area contributed by atoms with Crippen molar-refractivity contribution >= 4 is 5.91 Å². The van der Waals surface area contributed by atoms with E-state index >= 15 is 0 Å². The number of amides is 1. The number of nitrogens with one attached hydrogen (secondary N) is 1. The Labute approximate surface area is 151 Å². The van der Waals surface area contributed by atoms with Crippen LogP contribution in [0.2, 0.25) is 0 Å². The lowest BCUT2D eigenvalue weighted by Gasteiger charge is -2.04. The Hall–Kier alpha value is -3.02. The monoisotopic (exact) mass is 353 g/mol. The summed E-state index contributed by atoms with van der Waals surface area (Å²) in [6.07, 6.45) is 1.96. The fraction of sp³-hybridized carbons (Fsp3) is 0.250. The number of halogens is 1. The molecule has 1 heterocycles. The third-order valence-corrected chi connectivity index (χ3v) is 3.93. The first-order valence-corrected chi connectivity index (χ1v) is 8.55. The van der Waals surface area contributed by atoms with Gasteiger partial charge in [0.25, 0.3) is 0 Å². The van der Waals surface area contributed by atoms with Gasteiger partial charge in [-0.2, -0.15) is 4.98 Å². The minimum Gasteiger partial charge on any atom is -0.356 e. The maximum absolute atomic E-state index is 12.8. The van der Waals surface area contributed by atoms with Crippen LogP contribution in [-0.2, 0) is 24.1 Å². The van der Waals surface area contributed by atoms with Crippen LogP contribution in [0, 0.1) is 5.82 Å². The maximum atomic E-state index is 12.8. The first-order chi connectivity index (χ1) is 12.7. The van der Waals surface area contributed by atoms with Crippen LogP contribution in [0.5, 0.6) is 0 Å². The molecule has 134 valence electrons. The molecule has 26 heavy (non-hydrogen) atoms. The summed E-state index contributed by atoms with van der Waals surface area (Å²) in [5, 5.41) is 6.79. The number of benzene rings is 2. The van der Waals surface area contributed by atoms with Gasteiger partial charge in [0.1, 0.15) is 5.82 Å². The average Bonchev–Trinajstić information content (AvgIpc) is 3.10. The number of hydrogen-bond donors (Lipinski definition) is 1. The number of carbonyl (C=O) groups is 1. The van der Waals surface area contributed by atoms with E-state index in [0.717, 1.165) is 11.1 Å². The topological polar surface area (TPSA) is 68.0 Å². The molecule has 0 aliphatic rings. The number of hydrogen-bond acceptors (Lipinski definition) is 4. The lowest BCUT2D eigenvalue weighted by Crippen LogP contribution is -2.25. The summed E-state index contributed by atoms with van der Waals surface area (Å²) in [6, 6.07) is 16.2. The van der Waals surface area contributed by atoms with Gasteiger partial charge >= 0.3 is 0 Å². The van der Waals surface area contributed by atoms with Crippen molar-refractivity contribution in [2.45, 2.75) is 25.7 Å². The number of aryl methyl sites for hydroxylation is 1. The third-order valence-electron chi connectivity index (χ3n) is 3.93. The Morgan fingerprint density at radius 3 is 2.54 bits per heavy atom. The van der Waals surface area contributed by atoms with E-state index in [1.54, 1.807) is 12.1 Å². The van der Waals surface area contributed by atoms with Crippen molar-refractivity contribution < 1.29 is 13.7 Å². The highest BCUT2D eigenvalue weighted by Crippen LogP contribution is 2.08. The van der Waals surface area contributed by atoms with E-state index in [1.807, 2.05) is 30.3 Å². The van der Waals surface area contributed by atoms with E-state index in [2.05, 4.69) is 15.5 Å². The van der Waals surface area contributed by atoms with Crippen molar-refractivity contribution in [1.82, 2.24) is 15.5 Å². The van der Waals surface area contributed by atoms with E-state index in [9.17, 15) is 9.18 Å². The zero-order valence-electron chi connectivity index (χ0n) is 14.3. The third kappa shape index (κ3) is 5.51. The van der Waals surface area contributed by atoms with E-state index < -0.39 is 0 Å². The predicted molar refractivity (Wildman–Crippen MR) is 95.0 cm³/mol. The van der Waals surface area contributed by atoms with Crippen LogP contribution >= 0.6 is 0 Å². The average molecular weight is 353 g/mol. The Morgan fingerprint density at radius 1 is 1.00 bits per heavy atom. The Morgan fingerprint density at radius 2 is 1.77 bits per heavy atom. The van der Waals surface area contributed by atoms with Crippen molar-refractivity contribution in [3.63, 3.8) is 0 Å². The Balaban J connectivity index is 1.38. The SMILES string of the molecule is O=C(CCc1nc(Cc2ccccc2)no1)NCCc1ccc(F)cc1. The summed E-state index contributed by atoms with van der Waals surface area (Å²) in [5.41, 5.74) is 2.09. The quantitative estimate of drug-likeness (QED) is 0.676. The minimum absolute atomic E-state index is 0.0741. The van der Waals surface area contributed by atoms with Crippen LogP contribution in [0.1, 0.15) is 29.3 Å². The van der Waals surface area contributed by atoms with Gasteiger partial charge in [-0.15, -0.1) is 0 Å². The molecule has 1 amide bonds. The Kier molecular flexibility index (Phi) is 6.09. The van der Waals surface area contributed by atoms with Crippen LogP contribution in [0.15, 0.2) is 59.1 Å². The zero-order valence-corrected chi connectivity index (χ0v) is 14.3. The molecule has 0 fully saturated rings. The van der Waals surface area contributed by atoms with Gasteiger partial charge in [-0.05, 0) is 29.7 Å². The molecule has 1 aromatic heterocycles. The molecule has 2 aromatic carbocycles. The maximum Gasteiger partial charge on any atom is 0.227 e. The molecule has 0 spiro atoms. The van der Waals surface area contributed by atoms with Gasteiger partial charge in [-0.25, -0.2) is 4.39 Å². The zero-order chi connectivity index (χ0) is 18.2. The van der Waals surface area contributed by atoms with Crippen LogP contribution in [0.25, 0.3) is 0 Å². The van der Waals surface area contributed by atoms with Gasteiger partial charge in [0, 0.05) is 25.8 Å². The van der Waals surface area contributed by atoms with Crippen molar-refractivity contribution in [3.05, 3.63) is 83.3 Å². The summed E-state index contributed by atoms with van der Waals surface area (Å²) in [5.74, 6) is 0.742. The van der Waals surface area contributed by atoms with E-state index in [0.29, 0.717) is 37.5 Å². The first kappa shape index (κ1) is 17.8. The molecule has 0 radical (unpaired) electrons. The second kappa shape index (κ2) is 8.89. The van der Waals surface area contributed by atoms with Gasteiger partial charge in [0.2, 0.25) is 11.8 Å². The largest absolute Gasteiger partial charge is 0.356 e. The molecule has 0 aliphatic carbocycles. The molecular formula is C20H20FN3O2. The molecule has 6 heteroatoms. The molecule has 0 unspecified atom stereocenters. The summed E-state index contributed by atoms with van der Waals surface area (Å²) in [4.78, 5) is 16.2. The molecule has 0 bridgehead atoms. The number of aromatic nitrogens is 2. The summed E-state index contributed by atoms with van der Waals surface area (Å²) in [7, 11) is 0. The minimum atomic E-state index is -0.260. The molecule has 0 saturated heterocycles. The standard InChI is InChI=1S/C20H20FN3O2/c21-17-8-6-15(7-9-17)12-13-22-19(25)10-11-20-23-18(24-26-20)14-16-4-2-1-3-5-16/h1-9H,10-14H2,(H,22,25). The lowest BCUT2D eigenvalue weighted by atomic mass is 10.1. The second-order valence-corrected chi connectivity index (χ2v) is 5.99. The molecule has 5 nitrogen and oxygen atoms in total. The highest BCUT2D eigenvalue weighted by Gasteiger charge is 2.09. The van der Waals surface area contributed by atoms with Crippen LogP contribution in [0.3, 0.4) is 0 Å². The van der Waals surface area contributed by atoms with Gasteiger partial charge in [-0.1, -0.05) is 47.6 Å². The van der Waals surface area contributed by atoms with Crippen molar-refractivity contribution in [1.29, 1.82) is 0 Å². The normalized spacial score (nSPS) is 10.7. The summed E-state index contributed by atoms with van der Waals surface area (Å²) in [6.45, 7) is 0.507. The fourth-order valence-corrected chi connectivity index (χ4v) is 2.55. The van der Waals surface area contributed by atoms with Gasteiger partial charge in [0.05, 0.1) is 0 Å². The van der Waals surface area contributed by atoms with Crippen LogP contribution in [-0.4, -0.2) is 22.6 Å². The molecule has 0 aliphatic heterocycles. The number of carbonyl (C=O) groups excluding carboxylic acids is 1. The number of rotatable bonds is 8. The van der Waals surface area contributed by atoms with Gasteiger partial charge in [0.15, 0.2) is 5.82 Å². The molecule has 1 N–H and O–H groups in total. The van der Waals surface area contributed by atoms with Crippen molar-refractivity contribution in [2.75, 3.05) is 6.54 Å². The van der Waals surface area contributed by atoms with Crippen molar-refractivity contribution in [2.24, 2.45) is 0 Å². The smallest absolute Gasteiger partial charge is 0.227 e. The van der Waals surface area contributed by atoms with Gasteiger partial charge < -0.3 is 9.84 Å². The van der Waals surface area contributed by atoms with E-state index in [1.165, 1.54) is 12.1 Å². The van der Waals surface area contributed by atoms with E-state index in [4.69, 9.17) is 4.52 Å². The molecule has 0 atom stereocenters. The van der Waals surface area contributed by atoms with Gasteiger partial charge in [-0.3, -0.25) is 4.79 Å². The summed E-state index contributed by atoms with van der Waals surface area (Å²) >= 11 is 0. The number of nitrogens with zero attached hydrogens (tertiary/aromatic N) is 2. The fourth-order valence-electron chi connectivity index (χ4n) is 2.55. The molecule has 0 saturated carbocycles. The Bertz CT molecular complexity index is 832. The summed E-state index contributed by atoms with van der Waals surface area (Å²) < 4.78 is 18.0. The first-order valence-electron chi connectivity index (χ1n) is 8.55. The highest BCUT2D eigenvalue weighted by atomic mass is 19.1. The van der Waals surface area contributed by atoms with Crippen LogP contribution in [0.4, 0.5) is 4.39 Å². The lowest BCUT2D eigenvalue weighted by molar-refractivity contribution is -0.121. The predicted octanol–water partition coefficient (Wildman–Crippen LogP) is 3.09. The van der Waals surface area contributed by atoms with Crippen molar-refractivity contribution in [3.8, 4) is 0 Å². The molecule has 3 aromatic rings. The highest BCUT2D eigenvalue weighted by molar-refractivity contribution is 5.76. The van der Waals surface area contributed by atoms with E-state index in [-0.39, 0.29) is 18.1 Å².